The van der Waals surface area contributed by atoms with E-state index in [0.717, 1.165) is 0 Å². The van der Waals surface area contributed by atoms with Crippen LogP contribution in [0.5, 0.6) is 0 Å². The van der Waals surface area contributed by atoms with E-state index in [2.05, 4.69) is 0 Å². The maximum Gasteiger partial charge on any atom is 0.311 e. The van der Waals surface area contributed by atoms with Crippen molar-refractivity contribution in [1.82, 2.24) is 0 Å². The predicted octanol–water partition coefficient (Wildman–Crippen LogP) is 4.01. The Hall–Kier alpha value is -2.50. The standard InChI is InChI=1S/C22H30O6/c1-21(2,19(25)27-5)13-11-17(23)15-7-9-16(10-8-15)18(24)12-14-22(3,4)20(26)28-6/h7-10H,11-14H2,1-6H3. The van der Waals surface area contributed by atoms with Gasteiger partial charge in [0.2, 0.25) is 0 Å². The second-order valence-corrected chi connectivity index (χ2v) is 8.17. The second-order valence-electron chi connectivity index (χ2n) is 8.17. The van der Waals surface area contributed by atoms with Crippen LogP contribution in [0, 0.1) is 10.8 Å². The number of Topliss-reactive ketones (excluding diaryl/α,β-unsaturated/α-hetero) is 2. The van der Waals surface area contributed by atoms with E-state index < -0.39 is 10.8 Å². The van der Waals surface area contributed by atoms with Gasteiger partial charge in [0.15, 0.2) is 11.6 Å². The molecule has 1 aromatic carbocycles. The summed E-state index contributed by atoms with van der Waals surface area (Å²) < 4.78 is 9.49. The van der Waals surface area contributed by atoms with E-state index in [1.807, 2.05) is 0 Å². The lowest BCUT2D eigenvalue weighted by atomic mass is 9.85. The highest BCUT2D eigenvalue weighted by molar-refractivity contribution is 5.99. The molecule has 0 fully saturated rings. The summed E-state index contributed by atoms with van der Waals surface area (Å²) in [6, 6.07) is 6.47. The van der Waals surface area contributed by atoms with Crippen molar-refractivity contribution < 1.29 is 28.7 Å². The molecular weight excluding hydrogens is 360 g/mol. The molecule has 0 aromatic heterocycles. The Morgan fingerprint density at radius 3 is 1.21 bits per heavy atom. The van der Waals surface area contributed by atoms with Crippen LogP contribution >= 0.6 is 0 Å². The molecule has 0 saturated carbocycles. The lowest BCUT2D eigenvalue weighted by molar-refractivity contribution is -0.151. The zero-order valence-corrected chi connectivity index (χ0v) is 17.6. The van der Waals surface area contributed by atoms with Crippen molar-refractivity contribution in [3.63, 3.8) is 0 Å². The third kappa shape index (κ3) is 6.29. The van der Waals surface area contributed by atoms with Gasteiger partial charge < -0.3 is 9.47 Å². The first-order valence-electron chi connectivity index (χ1n) is 9.28. The SMILES string of the molecule is COC(=O)C(C)(C)CCC(=O)c1ccc(C(=O)CCC(C)(C)C(=O)OC)cc1. The Bertz CT molecular complexity index is 665. The van der Waals surface area contributed by atoms with Gasteiger partial charge >= 0.3 is 11.9 Å². The molecule has 1 rings (SSSR count). The molecule has 0 spiro atoms. The highest BCUT2D eigenvalue weighted by Crippen LogP contribution is 2.26. The van der Waals surface area contributed by atoms with Crippen LogP contribution in [0.2, 0.25) is 0 Å². The molecule has 0 aliphatic rings. The van der Waals surface area contributed by atoms with Gasteiger partial charge in [0.05, 0.1) is 25.0 Å². The first kappa shape index (κ1) is 23.5. The summed E-state index contributed by atoms with van der Waals surface area (Å²) in [5, 5.41) is 0. The summed E-state index contributed by atoms with van der Waals surface area (Å²) in [7, 11) is 2.65. The van der Waals surface area contributed by atoms with Crippen LogP contribution in [0.25, 0.3) is 0 Å². The largest absolute Gasteiger partial charge is 0.469 e. The maximum absolute atomic E-state index is 12.4. The van der Waals surface area contributed by atoms with Gasteiger partial charge in [-0.15, -0.1) is 0 Å². The zero-order valence-electron chi connectivity index (χ0n) is 17.6. The van der Waals surface area contributed by atoms with Crippen molar-refractivity contribution in [2.75, 3.05) is 14.2 Å². The molecule has 28 heavy (non-hydrogen) atoms. The molecule has 0 aliphatic carbocycles. The number of methoxy groups -OCH3 is 2. The Morgan fingerprint density at radius 1 is 0.679 bits per heavy atom. The molecule has 154 valence electrons. The Balaban J connectivity index is 2.67. The van der Waals surface area contributed by atoms with Crippen LogP contribution < -0.4 is 0 Å². The fraction of sp³-hybridized carbons (Fsp3) is 0.545. The molecule has 6 heteroatoms. The van der Waals surface area contributed by atoms with Crippen LogP contribution in [0.3, 0.4) is 0 Å². The molecule has 0 bridgehead atoms. The molecule has 0 N–H and O–H groups in total. The monoisotopic (exact) mass is 390 g/mol. The lowest BCUT2D eigenvalue weighted by Crippen LogP contribution is -2.26. The highest BCUT2D eigenvalue weighted by atomic mass is 16.5. The first-order valence-corrected chi connectivity index (χ1v) is 9.28. The predicted molar refractivity (Wildman–Crippen MR) is 105 cm³/mol. The van der Waals surface area contributed by atoms with E-state index in [1.165, 1.54) is 14.2 Å². The van der Waals surface area contributed by atoms with Crippen LogP contribution in [-0.2, 0) is 19.1 Å². The van der Waals surface area contributed by atoms with E-state index in [9.17, 15) is 19.2 Å². The topological polar surface area (TPSA) is 86.7 Å². The van der Waals surface area contributed by atoms with E-state index in [4.69, 9.17) is 9.47 Å². The number of hydrogen-bond acceptors (Lipinski definition) is 6. The third-order valence-corrected chi connectivity index (χ3v) is 4.96. The van der Waals surface area contributed by atoms with Crippen LogP contribution in [0.1, 0.15) is 74.1 Å². The third-order valence-electron chi connectivity index (χ3n) is 4.96. The van der Waals surface area contributed by atoms with Gasteiger partial charge in [0.1, 0.15) is 0 Å². The van der Waals surface area contributed by atoms with Crippen molar-refractivity contribution >= 4 is 23.5 Å². The number of rotatable bonds is 10. The van der Waals surface area contributed by atoms with Gasteiger partial charge in [-0.2, -0.15) is 0 Å². The first-order chi connectivity index (χ1) is 12.9. The minimum Gasteiger partial charge on any atom is -0.469 e. The van der Waals surface area contributed by atoms with Crippen molar-refractivity contribution in [1.29, 1.82) is 0 Å². The summed E-state index contributed by atoms with van der Waals surface area (Å²) in [4.78, 5) is 48.1. The van der Waals surface area contributed by atoms with E-state index >= 15 is 0 Å². The molecule has 0 aliphatic heterocycles. The van der Waals surface area contributed by atoms with Gasteiger partial charge in [-0.3, -0.25) is 19.2 Å². The summed E-state index contributed by atoms with van der Waals surface area (Å²) in [6.07, 6.45) is 1.18. The second kappa shape index (κ2) is 9.62. The lowest BCUT2D eigenvalue weighted by Gasteiger charge is -2.21. The van der Waals surface area contributed by atoms with Gasteiger partial charge in [-0.05, 0) is 40.5 Å². The van der Waals surface area contributed by atoms with Crippen molar-refractivity contribution in [3.8, 4) is 0 Å². The van der Waals surface area contributed by atoms with E-state index in [-0.39, 0.29) is 36.3 Å². The number of benzene rings is 1. The minimum absolute atomic E-state index is 0.0946. The molecule has 1 aromatic rings. The molecule has 0 saturated heterocycles. The molecule has 0 radical (unpaired) electrons. The van der Waals surface area contributed by atoms with Crippen molar-refractivity contribution in [2.45, 2.75) is 53.4 Å². The molecular formula is C22H30O6. The summed E-state index contributed by atoms with van der Waals surface area (Å²) in [5.74, 6) is -0.891. The summed E-state index contributed by atoms with van der Waals surface area (Å²) >= 11 is 0. The number of ketones is 2. The smallest absolute Gasteiger partial charge is 0.311 e. The molecule has 6 nitrogen and oxygen atoms in total. The fourth-order valence-electron chi connectivity index (χ4n) is 2.74. The summed E-state index contributed by atoms with van der Waals surface area (Å²) in [6.45, 7) is 6.96. The highest BCUT2D eigenvalue weighted by Gasteiger charge is 2.30. The normalized spacial score (nSPS) is 11.6. The van der Waals surface area contributed by atoms with E-state index in [1.54, 1.807) is 52.0 Å². The molecule has 0 atom stereocenters. The maximum atomic E-state index is 12.4. The van der Waals surface area contributed by atoms with Crippen molar-refractivity contribution in [3.05, 3.63) is 35.4 Å². The average Bonchev–Trinajstić information content (AvgIpc) is 2.68. The van der Waals surface area contributed by atoms with E-state index in [0.29, 0.717) is 24.0 Å². The van der Waals surface area contributed by atoms with Gasteiger partial charge in [-0.1, -0.05) is 24.3 Å². The average molecular weight is 390 g/mol. The van der Waals surface area contributed by atoms with Gasteiger partial charge in [0, 0.05) is 24.0 Å². The van der Waals surface area contributed by atoms with Gasteiger partial charge in [0.25, 0.3) is 0 Å². The van der Waals surface area contributed by atoms with Crippen LogP contribution in [-0.4, -0.2) is 37.7 Å². The number of hydrogen-bond donors (Lipinski definition) is 0. The van der Waals surface area contributed by atoms with Crippen LogP contribution in [0.4, 0.5) is 0 Å². The van der Waals surface area contributed by atoms with Crippen molar-refractivity contribution in [2.24, 2.45) is 10.8 Å². The molecule has 0 heterocycles. The Kier molecular flexibility index (Phi) is 8.09. The summed E-state index contributed by atoms with van der Waals surface area (Å²) in [5.41, 5.74) is -0.473. The minimum atomic E-state index is -0.729. The number of carbonyl (C=O) groups is 4. The molecule has 0 amide bonds. The Labute approximate surface area is 166 Å². The number of ether oxygens (including phenoxy) is 2. The number of esters is 2. The Morgan fingerprint density at radius 2 is 0.964 bits per heavy atom. The quantitative estimate of drug-likeness (QED) is 0.443. The van der Waals surface area contributed by atoms with Crippen LogP contribution in [0.15, 0.2) is 24.3 Å². The fourth-order valence-corrected chi connectivity index (χ4v) is 2.74. The molecule has 0 unspecified atom stereocenters. The zero-order chi connectivity index (χ0) is 21.5. The number of carbonyl (C=O) groups excluding carboxylic acids is 4. The van der Waals surface area contributed by atoms with Gasteiger partial charge in [-0.25, -0.2) is 0 Å².